The summed E-state index contributed by atoms with van der Waals surface area (Å²) in [5, 5.41) is 8.30. The molecule has 3 aromatic rings. The number of rotatable bonds is 5. The third kappa shape index (κ3) is 4.60. The maximum absolute atomic E-state index is 12.9. The van der Waals surface area contributed by atoms with Crippen LogP contribution in [-0.2, 0) is 10.0 Å². The molecule has 0 atom stereocenters. The highest BCUT2D eigenvalue weighted by atomic mass is 35.5. The number of benzene rings is 1. The summed E-state index contributed by atoms with van der Waals surface area (Å²) in [5.74, 6) is -0.259. The van der Waals surface area contributed by atoms with Crippen molar-refractivity contribution in [3.63, 3.8) is 0 Å². The lowest BCUT2D eigenvalue weighted by Crippen LogP contribution is -2.35. The second-order valence-electron chi connectivity index (χ2n) is 7.37. The molecule has 0 aliphatic carbocycles. The van der Waals surface area contributed by atoms with Gasteiger partial charge in [0.25, 0.3) is 15.9 Å². The quantitative estimate of drug-likeness (QED) is 0.576. The summed E-state index contributed by atoms with van der Waals surface area (Å²) in [6, 6.07) is 6.43. The molecule has 1 aliphatic heterocycles. The van der Waals surface area contributed by atoms with Gasteiger partial charge >= 0.3 is 11.8 Å². The number of amides is 1. The normalized spacial score (nSPS) is 14.6. The lowest BCUT2D eigenvalue weighted by atomic mass is 10.1. The van der Waals surface area contributed by atoms with Gasteiger partial charge in [0.2, 0.25) is 0 Å². The first-order valence-corrected chi connectivity index (χ1v) is 12.4. The first kappa shape index (κ1) is 21.8. The standard InChI is InChI=1S/C20H21ClN4O4S2/c1-12-6-7-14(10-15(12)21)24-31(27,28)17-11-16(30-13(17)2)18-22-23-19(29-18)20(26)25-8-4-3-5-9-25/h6-7,10-11,24H,3-5,8-9H2,1-2H3. The van der Waals surface area contributed by atoms with E-state index in [1.807, 2.05) is 6.92 Å². The zero-order valence-electron chi connectivity index (χ0n) is 17.0. The van der Waals surface area contributed by atoms with E-state index in [1.54, 1.807) is 30.0 Å². The topological polar surface area (TPSA) is 105 Å². The van der Waals surface area contributed by atoms with Gasteiger partial charge in [0.15, 0.2) is 0 Å². The molecule has 164 valence electrons. The van der Waals surface area contributed by atoms with Crippen LogP contribution in [0.5, 0.6) is 0 Å². The van der Waals surface area contributed by atoms with Gasteiger partial charge in [-0.05, 0) is 56.9 Å². The van der Waals surface area contributed by atoms with E-state index in [0.717, 1.165) is 24.8 Å². The Labute approximate surface area is 189 Å². The lowest BCUT2D eigenvalue weighted by Gasteiger charge is -2.24. The molecule has 0 unspecified atom stereocenters. The van der Waals surface area contributed by atoms with Gasteiger partial charge in [-0.1, -0.05) is 17.7 Å². The first-order chi connectivity index (χ1) is 14.7. The average molecular weight is 481 g/mol. The van der Waals surface area contributed by atoms with Crippen molar-refractivity contribution in [1.29, 1.82) is 0 Å². The van der Waals surface area contributed by atoms with E-state index in [9.17, 15) is 13.2 Å². The van der Waals surface area contributed by atoms with Crippen molar-refractivity contribution in [1.82, 2.24) is 15.1 Å². The second kappa shape index (κ2) is 8.60. The molecule has 3 heterocycles. The number of aromatic nitrogens is 2. The fourth-order valence-electron chi connectivity index (χ4n) is 3.35. The molecule has 0 spiro atoms. The van der Waals surface area contributed by atoms with Crippen molar-refractivity contribution in [2.75, 3.05) is 17.8 Å². The Morgan fingerprint density at radius 3 is 2.61 bits per heavy atom. The molecular formula is C20H21ClN4O4S2. The van der Waals surface area contributed by atoms with Crippen LogP contribution < -0.4 is 4.72 Å². The Kier molecular flexibility index (Phi) is 6.05. The average Bonchev–Trinajstić information content (AvgIpc) is 3.38. The van der Waals surface area contributed by atoms with Gasteiger partial charge in [0.05, 0.1) is 10.6 Å². The second-order valence-corrected chi connectivity index (χ2v) is 10.7. The van der Waals surface area contributed by atoms with Gasteiger partial charge < -0.3 is 9.32 Å². The van der Waals surface area contributed by atoms with Gasteiger partial charge in [-0.2, -0.15) is 0 Å². The summed E-state index contributed by atoms with van der Waals surface area (Å²) in [4.78, 5) is 15.4. The Hall–Kier alpha value is -2.43. The number of sulfonamides is 1. The fraction of sp³-hybridized carbons (Fsp3) is 0.350. The Bertz CT molecular complexity index is 1230. The number of hydrogen-bond donors (Lipinski definition) is 1. The maximum Gasteiger partial charge on any atom is 0.311 e. The number of likely N-dealkylation sites (tertiary alicyclic amines) is 1. The molecule has 1 fully saturated rings. The third-order valence-corrected chi connectivity index (χ3v) is 8.13. The van der Waals surface area contributed by atoms with Crippen LogP contribution in [0.2, 0.25) is 5.02 Å². The molecule has 0 saturated carbocycles. The molecule has 4 rings (SSSR count). The van der Waals surface area contributed by atoms with E-state index in [1.165, 1.54) is 17.4 Å². The highest BCUT2D eigenvalue weighted by Crippen LogP contribution is 2.34. The summed E-state index contributed by atoms with van der Waals surface area (Å²) in [7, 11) is -3.85. The van der Waals surface area contributed by atoms with Crippen molar-refractivity contribution in [2.24, 2.45) is 0 Å². The molecule has 1 aliphatic rings. The van der Waals surface area contributed by atoms with Crippen molar-refractivity contribution in [3.05, 3.63) is 45.6 Å². The summed E-state index contributed by atoms with van der Waals surface area (Å²) in [6.45, 7) is 4.88. The fourth-order valence-corrected chi connectivity index (χ4v) is 6.09. The number of nitrogens with zero attached hydrogens (tertiary/aromatic N) is 3. The van der Waals surface area contributed by atoms with Gasteiger partial charge in [-0.3, -0.25) is 9.52 Å². The monoisotopic (exact) mass is 480 g/mol. The van der Waals surface area contributed by atoms with E-state index < -0.39 is 10.0 Å². The number of carbonyl (C=O) groups is 1. The van der Waals surface area contributed by atoms with E-state index >= 15 is 0 Å². The van der Waals surface area contributed by atoms with Crippen molar-refractivity contribution < 1.29 is 17.6 Å². The smallest absolute Gasteiger partial charge is 0.311 e. The van der Waals surface area contributed by atoms with Crippen molar-refractivity contribution in [2.45, 2.75) is 38.0 Å². The molecular weight excluding hydrogens is 460 g/mol. The number of aryl methyl sites for hydroxylation is 2. The highest BCUT2D eigenvalue weighted by Gasteiger charge is 2.26. The van der Waals surface area contributed by atoms with Crippen molar-refractivity contribution >= 4 is 44.6 Å². The van der Waals surface area contributed by atoms with Crippen LogP contribution in [0.3, 0.4) is 0 Å². The minimum absolute atomic E-state index is 0.0835. The van der Waals surface area contributed by atoms with E-state index in [0.29, 0.717) is 33.6 Å². The number of piperidine rings is 1. The summed E-state index contributed by atoms with van der Waals surface area (Å²) < 4.78 is 33.9. The minimum atomic E-state index is -3.85. The predicted molar refractivity (Wildman–Crippen MR) is 119 cm³/mol. The Balaban J connectivity index is 1.56. The van der Waals surface area contributed by atoms with Crippen LogP contribution in [-0.4, -0.2) is 42.5 Å². The molecule has 0 radical (unpaired) electrons. The van der Waals surface area contributed by atoms with Gasteiger partial charge in [-0.25, -0.2) is 8.42 Å². The molecule has 11 heteroatoms. The van der Waals surface area contributed by atoms with Gasteiger partial charge in [0.1, 0.15) is 4.90 Å². The molecule has 8 nitrogen and oxygen atoms in total. The van der Waals surface area contributed by atoms with E-state index in [4.69, 9.17) is 16.0 Å². The van der Waals surface area contributed by atoms with Gasteiger partial charge in [0, 0.05) is 23.0 Å². The third-order valence-electron chi connectivity index (χ3n) is 5.05. The number of thiophene rings is 1. The highest BCUT2D eigenvalue weighted by molar-refractivity contribution is 7.93. The van der Waals surface area contributed by atoms with Crippen LogP contribution in [0.25, 0.3) is 10.8 Å². The van der Waals surface area contributed by atoms with E-state index in [2.05, 4.69) is 14.9 Å². The largest absolute Gasteiger partial charge is 0.411 e. The summed E-state index contributed by atoms with van der Waals surface area (Å²) >= 11 is 7.30. The number of nitrogens with one attached hydrogen (secondary N) is 1. The number of halogens is 1. The number of anilines is 1. The molecule has 2 aromatic heterocycles. The van der Waals surface area contributed by atoms with Gasteiger partial charge in [-0.15, -0.1) is 21.5 Å². The molecule has 1 N–H and O–H groups in total. The van der Waals surface area contributed by atoms with Crippen LogP contribution >= 0.6 is 22.9 Å². The van der Waals surface area contributed by atoms with E-state index in [-0.39, 0.29) is 22.6 Å². The molecule has 1 aromatic carbocycles. The number of carbonyl (C=O) groups excluding carboxylic acids is 1. The molecule has 1 saturated heterocycles. The molecule has 1 amide bonds. The molecule has 31 heavy (non-hydrogen) atoms. The predicted octanol–water partition coefficient (Wildman–Crippen LogP) is 4.50. The zero-order chi connectivity index (χ0) is 22.2. The summed E-state index contributed by atoms with van der Waals surface area (Å²) in [5.41, 5.74) is 1.22. The maximum atomic E-state index is 12.9. The summed E-state index contributed by atoms with van der Waals surface area (Å²) in [6.07, 6.45) is 3.02. The lowest BCUT2D eigenvalue weighted by molar-refractivity contribution is 0.0684. The number of hydrogen-bond acceptors (Lipinski definition) is 7. The van der Waals surface area contributed by atoms with Crippen LogP contribution in [0.15, 0.2) is 33.6 Å². The SMILES string of the molecule is Cc1ccc(NS(=O)(=O)c2cc(-c3nnc(C(=O)N4CCCCC4)o3)sc2C)cc1Cl. The minimum Gasteiger partial charge on any atom is -0.411 e. The molecule has 0 bridgehead atoms. The van der Waals surface area contributed by atoms with Crippen LogP contribution in [0.4, 0.5) is 5.69 Å². The van der Waals surface area contributed by atoms with Crippen molar-refractivity contribution in [3.8, 4) is 10.8 Å². The van der Waals surface area contributed by atoms with Crippen LogP contribution in [0.1, 0.15) is 40.4 Å². The Morgan fingerprint density at radius 2 is 1.90 bits per heavy atom. The Morgan fingerprint density at radius 1 is 1.16 bits per heavy atom. The zero-order valence-corrected chi connectivity index (χ0v) is 19.4. The first-order valence-electron chi connectivity index (χ1n) is 9.77. The van der Waals surface area contributed by atoms with Crippen LogP contribution in [0, 0.1) is 13.8 Å².